The van der Waals surface area contributed by atoms with Gasteiger partial charge in [0.1, 0.15) is 24.0 Å². The van der Waals surface area contributed by atoms with Crippen molar-refractivity contribution in [3.8, 4) is 11.5 Å². The molecule has 2 aromatic rings. The van der Waals surface area contributed by atoms with E-state index in [9.17, 15) is 9.18 Å². The molecule has 3 aliphatic rings. The Bertz CT molecular complexity index is 990. The van der Waals surface area contributed by atoms with Crippen molar-refractivity contribution in [2.24, 2.45) is 0 Å². The standard InChI is InChI=1S/C24H24FNO3/c1-15-23-17(13-26(14-28-23)19-5-3-2-4-6-19)12-20-22(27)21(29-24(15)20)11-16-7-9-18(25)10-8-16/h7-12,19H,2-6,13-14H2,1H3/b21-11-. The molecule has 0 amide bonds. The minimum atomic E-state index is -0.308. The van der Waals surface area contributed by atoms with Crippen LogP contribution in [0.4, 0.5) is 4.39 Å². The van der Waals surface area contributed by atoms with Crippen LogP contribution < -0.4 is 9.47 Å². The van der Waals surface area contributed by atoms with Crippen LogP contribution in [-0.2, 0) is 6.54 Å². The maximum absolute atomic E-state index is 13.1. The summed E-state index contributed by atoms with van der Waals surface area (Å²) >= 11 is 0. The van der Waals surface area contributed by atoms with Gasteiger partial charge in [0, 0.05) is 23.7 Å². The second kappa shape index (κ2) is 7.30. The van der Waals surface area contributed by atoms with Gasteiger partial charge in [-0.1, -0.05) is 31.4 Å². The first-order valence-electron chi connectivity index (χ1n) is 10.3. The summed E-state index contributed by atoms with van der Waals surface area (Å²) in [7, 11) is 0. The number of rotatable bonds is 2. The summed E-state index contributed by atoms with van der Waals surface area (Å²) in [4.78, 5) is 15.4. The van der Waals surface area contributed by atoms with E-state index in [1.165, 1.54) is 44.2 Å². The van der Waals surface area contributed by atoms with Gasteiger partial charge in [-0.3, -0.25) is 9.69 Å². The summed E-state index contributed by atoms with van der Waals surface area (Å²) in [6.07, 6.45) is 7.98. The van der Waals surface area contributed by atoms with Gasteiger partial charge in [0.2, 0.25) is 5.78 Å². The molecule has 0 unspecified atom stereocenters. The van der Waals surface area contributed by atoms with Crippen molar-refractivity contribution in [3.63, 3.8) is 0 Å². The molecule has 150 valence electrons. The SMILES string of the molecule is Cc1c2c(cc3c1O/C(=C\c1ccc(F)cc1)C3=O)CN(C1CCCCC1)CO2. The van der Waals surface area contributed by atoms with E-state index in [-0.39, 0.29) is 17.4 Å². The number of ketones is 1. The van der Waals surface area contributed by atoms with E-state index in [4.69, 9.17) is 9.47 Å². The van der Waals surface area contributed by atoms with Crippen molar-refractivity contribution in [2.75, 3.05) is 6.73 Å². The third kappa shape index (κ3) is 3.33. The highest BCUT2D eigenvalue weighted by molar-refractivity contribution is 6.15. The van der Waals surface area contributed by atoms with E-state index >= 15 is 0 Å². The zero-order valence-electron chi connectivity index (χ0n) is 16.5. The molecule has 0 spiro atoms. The fourth-order valence-electron chi connectivity index (χ4n) is 4.66. The number of hydrogen-bond donors (Lipinski definition) is 0. The topological polar surface area (TPSA) is 38.8 Å². The van der Waals surface area contributed by atoms with Crippen LogP contribution in [0.1, 0.15) is 59.2 Å². The summed E-state index contributed by atoms with van der Waals surface area (Å²) in [6, 6.07) is 8.50. The van der Waals surface area contributed by atoms with E-state index in [1.807, 2.05) is 13.0 Å². The number of carbonyl (C=O) groups excluding carboxylic acids is 1. The summed E-state index contributed by atoms with van der Waals surface area (Å²) in [5, 5.41) is 0. The van der Waals surface area contributed by atoms with Gasteiger partial charge < -0.3 is 9.47 Å². The number of carbonyl (C=O) groups is 1. The third-order valence-corrected chi connectivity index (χ3v) is 6.22. The Morgan fingerprint density at radius 2 is 1.86 bits per heavy atom. The number of Topliss-reactive ketones (excluding diaryl/α,β-unsaturated/α-hetero) is 1. The van der Waals surface area contributed by atoms with Gasteiger partial charge >= 0.3 is 0 Å². The van der Waals surface area contributed by atoms with Crippen LogP contribution in [0.15, 0.2) is 36.1 Å². The average molecular weight is 393 g/mol. The summed E-state index contributed by atoms with van der Waals surface area (Å²) < 4.78 is 25.2. The minimum Gasteiger partial charge on any atom is -0.477 e. The smallest absolute Gasteiger partial charge is 0.231 e. The van der Waals surface area contributed by atoms with Crippen molar-refractivity contribution in [3.05, 3.63) is 64.2 Å². The Morgan fingerprint density at radius 3 is 2.62 bits per heavy atom. The molecule has 5 rings (SSSR count). The monoisotopic (exact) mass is 393 g/mol. The Balaban J connectivity index is 1.44. The summed E-state index contributed by atoms with van der Waals surface area (Å²) in [6.45, 7) is 3.34. The molecule has 0 N–H and O–H groups in total. The lowest BCUT2D eigenvalue weighted by Crippen LogP contribution is -2.41. The molecule has 4 nitrogen and oxygen atoms in total. The average Bonchev–Trinajstić information content (AvgIpc) is 3.06. The van der Waals surface area contributed by atoms with Crippen LogP contribution in [0.25, 0.3) is 6.08 Å². The predicted octanol–water partition coefficient (Wildman–Crippen LogP) is 5.23. The fraction of sp³-hybridized carbons (Fsp3) is 0.375. The van der Waals surface area contributed by atoms with E-state index in [0.717, 1.165) is 29.0 Å². The zero-order valence-corrected chi connectivity index (χ0v) is 16.5. The van der Waals surface area contributed by atoms with Gasteiger partial charge in [0.15, 0.2) is 5.76 Å². The van der Waals surface area contributed by atoms with Gasteiger partial charge in [0.05, 0.1) is 5.56 Å². The number of ether oxygens (including phenoxy) is 2. The number of fused-ring (bicyclic) bond motifs is 2. The minimum absolute atomic E-state index is 0.134. The molecule has 0 aromatic heterocycles. The van der Waals surface area contributed by atoms with Crippen molar-refractivity contribution < 1.29 is 18.7 Å². The molecular formula is C24H24FNO3. The quantitative estimate of drug-likeness (QED) is 0.655. The number of hydrogen-bond acceptors (Lipinski definition) is 4. The second-order valence-electron chi connectivity index (χ2n) is 8.17. The number of benzene rings is 2. The first-order valence-corrected chi connectivity index (χ1v) is 10.3. The first kappa shape index (κ1) is 18.4. The van der Waals surface area contributed by atoms with E-state index in [1.54, 1.807) is 18.2 Å². The van der Waals surface area contributed by atoms with E-state index < -0.39 is 0 Å². The van der Waals surface area contributed by atoms with Crippen LogP contribution in [0.2, 0.25) is 0 Å². The molecule has 5 heteroatoms. The van der Waals surface area contributed by atoms with E-state index in [2.05, 4.69) is 4.90 Å². The largest absolute Gasteiger partial charge is 0.477 e. The predicted molar refractivity (Wildman–Crippen MR) is 108 cm³/mol. The lowest BCUT2D eigenvalue weighted by atomic mass is 9.93. The maximum atomic E-state index is 13.1. The molecule has 0 saturated heterocycles. The molecule has 29 heavy (non-hydrogen) atoms. The Morgan fingerprint density at radius 1 is 1.10 bits per heavy atom. The highest BCUT2D eigenvalue weighted by Gasteiger charge is 2.34. The van der Waals surface area contributed by atoms with Crippen molar-refractivity contribution in [1.29, 1.82) is 0 Å². The van der Waals surface area contributed by atoms with Crippen LogP contribution in [0.3, 0.4) is 0 Å². The molecule has 1 aliphatic carbocycles. The molecule has 1 saturated carbocycles. The zero-order chi connectivity index (χ0) is 20.0. The van der Waals surface area contributed by atoms with Gasteiger partial charge in [-0.15, -0.1) is 0 Å². The highest BCUT2D eigenvalue weighted by atomic mass is 19.1. The third-order valence-electron chi connectivity index (χ3n) is 6.22. The molecular weight excluding hydrogens is 369 g/mol. The van der Waals surface area contributed by atoms with Gasteiger partial charge in [-0.05, 0) is 49.6 Å². The Kier molecular flexibility index (Phi) is 4.63. The van der Waals surface area contributed by atoms with Crippen LogP contribution in [-0.4, -0.2) is 23.5 Å². The van der Waals surface area contributed by atoms with Crippen molar-refractivity contribution in [2.45, 2.75) is 51.6 Å². The molecule has 0 atom stereocenters. The molecule has 2 aliphatic heterocycles. The summed E-state index contributed by atoms with van der Waals surface area (Å²) in [5.74, 6) is 1.24. The van der Waals surface area contributed by atoms with Crippen molar-refractivity contribution in [1.82, 2.24) is 4.90 Å². The normalized spacial score (nSPS) is 20.9. The lowest BCUT2D eigenvalue weighted by molar-refractivity contribution is 0.0397. The van der Waals surface area contributed by atoms with Crippen LogP contribution in [0, 0.1) is 12.7 Å². The molecule has 0 bridgehead atoms. The van der Waals surface area contributed by atoms with Gasteiger partial charge in [0.25, 0.3) is 0 Å². The second-order valence-corrected chi connectivity index (χ2v) is 8.17. The van der Waals surface area contributed by atoms with Gasteiger partial charge in [-0.25, -0.2) is 4.39 Å². The molecule has 2 heterocycles. The van der Waals surface area contributed by atoms with Gasteiger partial charge in [-0.2, -0.15) is 0 Å². The molecule has 1 fully saturated rings. The summed E-state index contributed by atoms with van der Waals surface area (Å²) in [5.41, 5.74) is 3.24. The maximum Gasteiger partial charge on any atom is 0.231 e. The number of allylic oxidation sites excluding steroid dienone is 1. The Labute approximate surface area is 169 Å². The fourth-order valence-corrected chi connectivity index (χ4v) is 4.66. The van der Waals surface area contributed by atoms with E-state index in [0.29, 0.717) is 24.1 Å². The highest BCUT2D eigenvalue weighted by Crippen LogP contribution is 2.43. The van der Waals surface area contributed by atoms with Crippen molar-refractivity contribution >= 4 is 11.9 Å². The van der Waals surface area contributed by atoms with Crippen LogP contribution in [0.5, 0.6) is 11.5 Å². The Hall–Kier alpha value is -2.66. The lowest BCUT2D eigenvalue weighted by Gasteiger charge is -2.37. The molecule has 2 aromatic carbocycles. The first-order chi connectivity index (χ1) is 14.1. The number of nitrogens with zero attached hydrogens (tertiary/aromatic N) is 1. The van der Waals surface area contributed by atoms with Crippen LogP contribution >= 0.6 is 0 Å². The molecule has 0 radical (unpaired) electrons. The number of halogens is 1.